The highest BCUT2D eigenvalue weighted by Crippen LogP contribution is 2.40. The number of aliphatic hydroxyl groups excluding tert-OH is 1. The van der Waals surface area contributed by atoms with Gasteiger partial charge in [-0.05, 0) is 45.8 Å². The second-order valence-electron chi connectivity index (χ2n) is 6.73. The average molecular weight is 366 g/mol. The number of nitrogens with one attached hydrogen (secondary N) is 1. The molecule has 0 spiro atoms. The molecule has 5 aromatic carbocycles. The lowest BCUT2D eigenvalue weighted by atomic mass is 9.93. The molecule has 1 aromatic heterocycles. The third-order valence-corrected chi connectivity index (χ3v) is 5.25. The van der Waals surface area contributed by atoms with Crippen LogP contribution < -0.4 is 0 Å². The Labute approximate surface area is 161 Å². The Morgan fingerprint density at radius 1 is 0.714 bits per heavy atom. The van der Waals surface area contributed by atoms with E-state index in [9.17, 15) is 5.11 Å². The van der Waals surface area contributed by atoms with Crippen molar-refractivity contribution in [3.05, 3.63) is 72.8 Å². The molecule has 28 heavy (non-hydrogen) atoms. The lowest BCUT2D eigenvalue weighted by Gasteiger charge is -2.11. The Kier molecular flexibility index (Phi) is 3.67. The molecule has 0 fully saturated rings. The molecule has 4 nitrogen and oxygen atoms in total. The fourth-order valence-electron chi connectivity index (χ4n) is 4.08. The maximum atomic E-state index is 9.56. The molecule has 0 amide bonds. The normalized spacial score (nSPS) is 11.4. The van der Waals surface area contributed by atoms with Crippen molar-refractivity contribution in [1.29, 1.82) is 0 Å². The van der Waals surface area contributed by atoms with Gasteiger partial charge in [-0.2, -0.15) is 0 Å². The van der Waals surface area contributed by atoms with Gasteiger partial charge in [-0.1, -0.05) is 48.5 Å². The lowest BCUT2D eigenvalue weighted by Crippen LogP contribution is -1.85. The molecule has 0 saturated carbocycles. The Balaban J connectivity index is 0.000000829. The van der Waals surface area contributed by atoms with Crippen LogP contribution in [-0.4, -0.2) is 27.3 Å². The minimum Gasteiger partial charge on any atom is -0.508 e. The zero-order valence-electron chi connectivity index (χ0n) is 15.3. The molecule has 0 aliphatic rings. The fourth-order valence-corrected chi connectivity index (χ4v) is 4.08. The van der Waals surface area contributed by atoms with Crippen LogP contribution in [0.2, 0.25) is 0 Å². The molecule has 136 valence electrons. The Morgan fingerprint density at radius 2 is 1.32 bits per heavy atom. The van der Waals surface area contributed by atoms with Crippen LogP contribution in [0.1, 0.15) is 0 Å². The van der Waals surface area contributed by atoms with Gasteiger partial charge in [-0.25, -0.2) is 4.98 Å². The molecule has 1 heterocycles. The fraction of sp³-hybridized carbons (Fsp3) is 0.0417. The quantitative estimate of drug-likeness (QED) is 0.339. The van der Waals surface area contributed by atoms with E-state index in [1.165, 1.54) is 32.3 Å². The number of aromatic hydroxyl groups is 1. The van der Waals surface area contributed by atoms with E-state index in [4.69, 9.17) is 10.1 Å². The van der Waals surface area contributed by atoms with Crippen molar-refractivity contribution in [3.63, 3.8) is 0 Å². The van der Waals surface area contributed by atoms with Gasteiger partial charge in [0.2, 0.25) is 0 Å². The van der Waals surface area contributed by atoms with E-state index < -0.39 is 0 Å². The summed E-state index contributed by atoms with van der Waals surface area (Å²) < 4.78 is 0. The number of H-pyrrole nitrogens is 1. The molecule has 0 atom stereocenters. The second kappa shape index (κ2) is 6.22. The van der Waals surface area contributed by atoms with Gasteiger partial charge in [-0.3, -0.25) is 0 Å². The number of fused-ring (bicyclic) bond motifs is 3. The highest BCUT2D eigenvalue weighted by atomic mass is 16.3. The van der Waals surface area contributed by atoms with Crippen LogP contribution in [0.5, 0.6) is 5.75 Å². The van der Waals surface area contributed by atoms with E-state index in [1.807, 2.05) is 12.1 Å². The predicted molar refractivity (Wildman–Crippen MR) is 115 cm³/mol. The van der Waals surface area contributed by atoms with E-state index >= 15 is 0 Å². The SMILES string of the molecule is CO.Oc1ccc(-c2nc3c4cccc5ccc6cccc(c3[nH]2)c6c54)cc1. The van der Waals surface area contributed by atoms with Crippen molar-refractivity contribution < 1.29 is 10.2 Å². The van der Waals surface area contributed by atoms with Crippen LogP contribution in [0.4, 0.5) is 0 Å². The first kappa shape index (κ1) is 16.5. The Bertz CT molecular complexity index is 1350. The van der Waals surface area contributed by atoms with E-state index in [0.29, 0.717) is 0 Å². The molecule has 0 saturated heterocycles. The van der Waals surface area contributed by atoms with Crippen LogP contribution in [0.15, 0.2) is 72.8 Å². The van der Waals surface area contributed by atoms with Gasteiger partial charge in [0.1, 0.15) is 11.6 Å². The summed E-state index contributed by atoms with van der Waals surface area (Å²) in [6.45, 7) is 0. The zero-order chi connectivity index (χ0) is 19.3. The lowest BCUT2D eigenvalue weighted by molar-refractivity contribution is 0.399. The first-order chi connectivity index (χ1) is 13.8. The number of phenols is 1. The van der Waals surface area contributed by atoms with Crippen molar-refractivity contribution in [2.24, 2.45) is 0 Å². The van der Waals surface area contributed by atoms with Gasteiger partial charge in [-0.15, -0.1) is 0 Å². The molecule has 4 heteroatoms. The maximum Gasteiger partial charge on any atom is 0.138 e. The standard InChI is InChI=1S/C23H14N2O.CH4O/c26-16-11-9-15(10-12-16)23-24-21-17-5-1-3-13-7-8-14-4-2-6-18(22(21)25-23)20(14)19(13)17;1-2/h1-12,26H,(H,24,25);2H,1H3. The number of phenolic OH excluding ortho intramolecular Hbond substituents is 1. The second-order valence-corrected chi connectivity index (χ2v) is 6.73. The average Bonchev–Trinajstić information content (AvgIpc) is 3.20. The number of nitrogens with zero attached hydrogens (tertiary/aromatic N) is 1. The molecule has 3 N–H and O–H groups in total. The van der Waals surface area contributed by atoms with E-state index in [-0.39, 0.29) is 5.75 Å². The minimum absolute atomic E-state index is 0.256. The number of hydrogen-bond acceptors (Lipinski definition) is 3. The summed E-state index contributed by atoms with van der Waals surface area (Å²) in [5, 5.41) is 24.0. The predicted octanol–water partition coefficient (Wildman–Crippen LogP) is 5.44. The topological polar surface area (TPSA) is 69.1 Å². The summed E-state index contributed by atoms with van der Waals surface area (Å²) in [5.74, 6) is 1.07. The summed E-state index contributed by atoms with van der Waals surface area (Å²) in [5.41, 5.74) is 3.01. The van der Waals surface area contributed by atoms with Crippen LogP contribution >= 0.6 is 0 Å². The summed E-state index contributed by atoms with van der Waals surface area (Å²) in [4.78, 5) is 8.44. The van der Waals surface area contributed by atoms with Crippen molar-refractivity contribution in [2.45, 2.75) is 0 Å². The third kappa shape index (κ3) is 2.25. The maximum absolute atomic E-state index is 9.56. The van der Waals surface area contributed by atoms with Crippen LogP contribution in [0.25, 0.3) is 54.7 Å². The minimum atomic E-state index is 0.256. The molecular formula is C24H18N2O2. The van der Waals surface area contributed by atoms with Crippen molar-refractivity contribution in [2.75, 3.05) is 7.11 Å². The molecule has 6 rings (SSSR count). The number of aromatic nitrogens is 2. The van der Waals surface area contributed by atoms with Crippen LogP contribution in [-0.2, 0) is 0 Å². The van der Waals surface area contributed by atoms with Gasteiger partial charge in [0.25, 0.3) is 0 Å². The van der Waals surface area contributed by atoms with Gasteiger partial charge >= 0.3 is 0 Å². The monoisotopic (exact) mass is 366 g/mol. The highest BCUT2D eigenvalue weighted by Gasteiger charge is 2.16. The summed E-state index contributed by atoms with van der Waals surface area (Å²) in [7, 11) is 1.00. The highest BCUT2D eigenvalue weighted by molar-refractivity contribution is 6.32. The molecule has 0 bridgehead atoms. The number of benzene rings is 5. The molecule has 0 radical (unpaired) electrons. The molecule has 0 aliphatic heterocycles. The van der Waals surface area contributed by atoms with E-state index in [1.54, 1.807) is 12.1 Å². The number of hydrogen-bond donors (Lipinski definition) is 3. The van der Waals surface area contributed by atoms with Crippen LogP contribution in [0, 0.1) is 0 Å². The van der Waals surface area contributed by atoms with Crippen molar-refractivity contribution in [1.82, 2.24) is 9.97 Å². The number of aromatic amines is 1. The van der Waals surface area contributed by atoms with Crippen molar-refractivity contribution >= 4 is 43.4 Å². The van der Waals surface area contributed by atoms with Crippen LogP contribution in [0.3, 0.4) is 0 Å². The number of rotatable bonds is 1. The number of imidazole rings is 1. The van der Waals surface area contributed by atoms with E-state index in [0.717, 1.165) is 29.5 Å². The zero-order valence-corrected chi connectivity index (χ0v) is 15.3. The summed E-state index contributed by atoms with van der Waals surface area (Å²) in [6, 6.07) is 24.3. The molecule has 0 unspecified atom stereocenters. The van der Waals surface area contributed by atoms with Crippen molar-refractivity contribution in [3.8, 4) is 17.1 Å². The Hall–Kier alpha value is -3.63. The Morgan fingerprint density at radius 3 is 2.00 bits per heavy atom. The van der Waals surface area contributed by atoms with Gasteiger partial charge in [0, 0.05) is 23.4 Å². The molecular weight excluding hydrogens is 348 g/mol. The van der Waals surface area contributed by atoms with Gasteiger partial charge in [0.05, 0.1) is 11.0 Å². The van der Waals surface area contributed by atoms with E-state index in [2.05, 4.69) is 53.5 Å². The smallest absolute Gasteiger partial charge is 0.138 e. The largest absolute Gasteiger partial charge is 0.508 e. The van der Waals surface area contributed by atoms with Gasteiger partial charge < -0.3 is 15.2 Å². The first-order valence-electron chi connectivity index (χ1n) is 9.09. The molecule has 6 aromatic rings. The first-order valence-corrected chi connectivity index (χ1v) is 9.09. The summed E-state index contributed by atoms with van der Waals surface area (Å²) >= 11 is 0. The molecule has 0 aliphatic carbocycles. The third-order valence-electron chi connectivity index (χ3n) is 5.25. The number of aliphatic hydroxyl groups is 1. The summed E-state index contributed by atoms with van der Waals surface area (Å²) in [6.07, 6.45) is 0. The van der Waals surface area contributed by atoms with Gasteiger partial charge in [0.15, 0.2) is 0 Å².